The zero-order chi connectivity index (χ0) is 12.3. The van der Waals surface area contributed by atoms with Crippen LogP contribution in [0.1, 0.15) is 12.2 Å². The molecule has 1 aromatic heterocycles. The van der Waals surface area contributed by atoms with Crippen LogP contribution in [-0.4, -0.2) is 16.9 Å². The lowest BCUT2D eigenvalue weighted by molar-refractivity contribution is 0.280. The van der Waals surface area contributed by atoms with Crippen LogP contribution in [0.5, 0.6) is 0 Å². The molecular weight excluding hydrogens is 261 g/mol. The first kappa shape index (κ1) is 12.4. The predicted molar refractivity (Wildman–Crippen MR) is 67.4 cm³/mol. The highest BCUT2D eigenvalue weighted by atomic mass is 35.5. The van der Waals surface area contributed by atoms with Gasteiger partial charge in [-0.25, -0.2) is 0 Å². The molecule has 0 radical (unpaired) electrons. The molecule has 17 heavy (non-hydrogen) atoms. The van der Waals surface area contributed by atoms with Gasteiger partial charge in [0.15, 0.2) is 0 Å². The van der Waals surface area contributed by atoms with Crippen molar-refractivity contribution in [3.8, 4) is 11.3 Å². The molecule has 0 unspecified atom stereocenters. The Morgan fingerprint density at radius 3 is 2.82 bits per heavy atom. The molecule has 2 rings (SSSR count). The molecule has 3 nitrogen and oxygen atoms in total. The summed E-state index contributed by atoms with van der Waals surface area (Å²) in [5, 5.41) is 13.9. The van der Waals surface area contributed by atoms with E-state index in [1.54, 1.807) is 18.2 Å². The summed E-state index contributed by atoms with van der Waals surface area (Å²) in [4.78, 5) is 0. The molecule has 0 spiro atoms. The summed E-state index contributed by atoms with van der Waals surface area (Å²) in [6.45, 7) is 0.133. The van der Waals surface area contributed by atoms with Crippen LogP contribution in [0, 0.1) is 0 Å². The summed E-state index contributed by atoms with van der Waals surface area (Å²) in [5.74, 6) is 0.727. The quantitative estimate of drug-likeness (QED) is 0.925. The second-order valence-electron chi connectivity index (χ2n) is 3.63. The molecule has 0 saturated carbocycles. The number of aliphatic hydroxyl groups is 1. The number of aryl methyl sites for hydroxylation is 1. The Morgan fingerprint density at radius 1 is 1.24 bits per heavy atom. The maximum atomic E-state index is 8.73. The summed E-state index contributed by atoms with van der Waals surface area (Å²) in [5.41, 5.74) is 1.41. The first-order valence-electron chi connectivity index (χ1n) is 5.22. The van der Waals surface area contributed by atoms with Crippen LogP contribution in [-0.2, 0) is 6.42 Å². The van der Waals surface area contributed by atoms with Crippen LogP contribution < -0.4 is 0 Å². The Kier molecular flexibility index (Phi) is 4.05. The van der Waals surface area contributed by atoms with Gasteiger partial charge in [-0.05, 0) is 24.6 Å². The van der Waals surface area contributed by atoms with Gasteiger partial charge < -0.3 is 9.63 Å². The molecule has 1 N–H and O–H groups in total. The molecule has 0 aliphatic carbocycles. The van der Waals surface area contributed by atoms with Gasteiger partial charge >= 0.3 is 0 Å². The number of benzene rings is 1. The maximum absolute atomic E-state index is 8.73. The van der Waals surface area contributed by atoms with Crippen molar-refractivity contribution in [1.82, 2.24) is 5.16 Å². The first-order valence-corrected chi connectivity index (χ1v) is 5.98. The van der Waals surface area contributed by atoms with Gasteiger partial charge in [0.1, 0.15) is 11.5 Å². The van der Waals surface area contributed by atoms with E-state index in [1.807, 2.05) is 6.07 Å². The maximum Gasteiger partial charge on any atom is 0.137 e. The molecule has 2 aromatic rings. The molecule has 1 heterocycles. The number of aromatic nitrogens is 1. The number of hydrogen-bond donors (Lipinski definition) is 1. The Hall–Kier alpha value is -1.03. The van der Waals surface area contributed by atoms with Crippen molar-refractivity contribution in [2.24, 2.45) is 0 Å². The number of rotatable bonds is 4. The smallest absolute Gasteiger partial charge is 0.137 e. The standard InChI is InChI=1S/C12H11Cl2NO2/c13-8-3-4-11(14)10(6-8)12-7-9(17-15-12)2-1-5-16/h3-4,6-7,16H,1-2,5H2. The highest BCUT2D eigenvalue weighted by Gasteiger charge is 2.10. The Bertz CT molecular complexity index is 511. The van der Waals surface area contributed by atoms with Crippen LogP contribution in [0.4, 0.5) is 0 Å². The van der Waals surface area contributed by atoms with Gasteiger partial charge in [-0.3, -0.25) is 0 Å². The molecule has 0 aliphatic rings. The highest BCUT2D eigenvalue weighted by molar-refractivity contribution is 6.35. The van der Waals surface area contributed by atoms with Crippen LogP contribution in [0.2, 0.25) is 10.0 Å². The second kappa shape index (κ2) is 5.54. The fourth-order valence-corrected chi connectivity index (χ4v) is 1.89. The van der Waals surface area contributed by atoms with E-state index in [1.165, 1.54) is 0 Å². The van der Waals surface area contributed by atoms with E-state index in [0.29, 0.717) is 28.6 Å². The monoisotopic (exact) mass is 271 g/mol. The molecule has 5 heteroatoms. The fourth-order valence-electron chi connectivity index (χ4n) is 1.50. The van der Waals surface area contributed by atoms with E-state index in [-0.39, 0.29) is 6.61 Å². The third-order valence-electron chi connectivity index (χ3n) is 2.34. The molecular formula is C12H11Cl2NO2. The van der Waals surface area contributed by atoms with Crippen LogP contribution in [0.3, 0.4) is 0 Å². The number of aliphatic hydroxyl groups excluding tert-OH is 1. The van der Waals surface area contributed by atoms with Crippen molar-refractivity contribution >= 4 is 23.2 Å². The third kappa shape index (κ3) is 3.00. The number of halogens is 2. The van der Waals surface area contributed by atoms with Gasteiger partial charge in [0, 0.05) is 29.7 Å². The normalized spacial score (nSPS) is 10.8. The molecule has 0 atom stereocenters. The minimum Gasteiger partial charge on any atom is -0.396 e. The third-order valence-corrected chi connectivity index (χ3v) is 2.91. The van der Waals surface area contributed by atoms with Crippen molar-refractivity contribution in [2.75, 3.05) is 6.61 Å². The summed E-state index contributed by atoms with van der Waals surface area (Å²) in [6, 6.07) is 7.01. The second-order valence-corrected chi connectivity index (χ2v) is 4.47. The lowest BCUT2D eigenvalue weighted by atomic mass is 10.1. The van der Waals surface area contributed by atoms with Gasteiger partial charge in [-0.2, -0.15) is 0 Å². The Balaban J connectivity index is 2.27. The molecule has 0 saturated heterocycles. The minimum atomic E-state index is 0.133. The van der Waals surface area contributed by atoms with Gasteiger partial charge in [0.25, 0.3) is 0 Å². The molecule has 0 fully saturated rings. The van der Waals surface area contributed by atoms with E-state index in [4.69, 9.17) is 32.8 Å². The number of hydrogen-bond acceptors (Lipinski definition) is 3. The fraction of sp³-hybridized carbons (Fsp3) is 0.250. The summed E-state index contributed by atoms with van der Waals surface area (Å²) < 4.78 is 5.15. The lowest BCUT2D eigenvalue weighted by Crippen LogP contribution is -1.86. The average Bonchev–Trinajstić information content (AvgIpc) is 2.78. The van der Waals surface area contributed by atoms with Gasteiger partial charge in [0.05, 0.1) is 5.02 Å². The Labute approximate surface area is 109 Å². The minimum absolute atomic E-state index is 0.133. The van der Waals surface area contributed by atoms with Crippen LogP contribution >= 0.6 is 23.2 Å². The van der Waals surface area contributed by atoms with E-state index in [2.05, 4.69) is 5.16 Å². The van der Waals surface area contributed by atoms with E-state index in [9.17, 15) is 0 Å². The van der Waals surface area contributed by atoms with E-state index >= 15 is 0 Å². The molecule has 0 bridgehead atoms. The highest BCUT2D eigenvalue weighted by Crippen LogP contribution is 2.30. The zero-order valence-corrected chi connectivity index (χ0v) is 10.5. The molecule has 1 aromatic carbocycles. The molecule has 90 valence electrons. The first-order chi connectivity index (χ1) is 8.20. The van der Waals surface area contributed by atoms with Gasteiger partial charge in [-0.1, -0.05) is 28.4 Å². The molecule has 0 aliphatic heterocycles. The van der Waals surface area contributed by atoms with Crippen molar-refractivity contribution in [3.63, 3.8) is 0 Å². The van der Waals surface area contributed by atoms with Crippen molar-refractivity contribution in [3.05, 3.63) is 40.1 Å². The molecule has 0 amide bonds. The summed E-state index contributed by atoms with van der Waals surface area (Å²) in [6.07, 6.45) is 1.31. The summed E-state index contributed by atoms with van der Waals surface area (Å²) in [7, 11) is 0. The largest absolute Gasteiger partial charge is 0.396 e. The van der Waals surface area contributed by atoms with Crippen LogP contribution in [0.15, 0.2) is 28.8 Å². The van der Waals surface area contributed by atoms with Crippen molar-refractivity contribution in [2.45, 2.75) is 12.8 Å². The number of nitrogens with zero attached hydrogens (tertiary/aromatic N) is 1. The lowest BCUT2D eigenvalue weighted by Gasteiger charge is -1.99. The SMILES string of the molecule is OCCCc1cc(-c2cc(Cl)ccc2Cl)no1. The van der Waals surface area contributed by atoms with Crippen molar-refractivity contribution < 1.29 is 9.63 Å². The van der Waals surface area contributed by atoms with E-state index < -0.39 is 0 Å². The van der Waals surface area contributed by atoms with Gasteiger partial charge in [0.2, 0.25) is 0 Å². The van der Waals surface area contributed by atoms with Crippen molar-refractivity contribution in [1.29, 1.82) is 0 Å². The summed E-state index contributed by atoms with van der Waals surface area (Å²) >= 11 is 12.0. The van der Waals surface area contributed by atoms with Gasteiger partial charge in [-0.15, -0.1) is 0 Å². The topological polar surface area (TPSA) is 46.3 Å². The van der Waals surface area contributed by atoms with E-state index in [0.717, 1.165) is 11.3 Å². The average molecular weight is 272 g/mol. The predicted octanol–water partition coefficient (Wildman–Crippen LogP) is 3.57. The van der Waals surface area contributed by atoms with Crippen LogP contribution in [0.25, 0.3) is 11.3 Å². The Morgan fingerprint density at radius 2 is 2.06 bits per heavy atom. The zero-order valence-electron chi connectivity index (χ0n) is 8.99.